The number of amides is 1. The van der Waals surface area contributed by atoms with Crippen LogP contribution in [0.4, 0.5) is 5.95 Å². The molecule has 26 heavy (non-hydrogen) atoms. The number of nitrogens with zero attached hydrogens (tertiary/aromatic N) is 5. The Hall–Kier alpha value is -3.07. The predicted molar refractivity (Wildman–Crippen MR) is 93.9 cm³/mol. The van der Waals surface area contributed by atoms with E-state index >= 15 is 0 Å². The number of aromatic nitrogens is 5. The number of hydrogen-bond acceptors (Lipinski definition) is 7. The van der Waals surface area contributed by atoms with Gasteiger partial charge in [-0.2, -0.15) is 0 Å². The molecule has 1 aliphatic rings. The first kappa shape index (κ1) is 16.4. The van der Waals surface area contributed by atoms with Crippen molar-refractivity contribution in [3.05, 3.63) is 42.1 Å². The van der Waals surface area contributed by atoms with E-state index in [1.54, 1.807) is 0 Å². The number of fused-ring (bicyclic) bond motifs is 1. The van der Waals surface area contributed by atoms with Crippen LogP contribution in [0.25, 0.3) is 10.9 Å². The molecule has 4 rings (SSSR count). The van der Waals surface area contributed by atoms with Gasteiger partial charge < -0.3 is 15.8 Å². The molecule has 0 saturated carbocycles. The maximum absolute atomic E-state index is 12.3. The van der Waals surface area contributed by atoms with Crippen LogP contribution in [0.3, 0.4) is 0 Å². The van der Waals surface area contributed by atoms with Crippen molar-refractivity contribution in [2.75, 3.05) is 18.9 Å². The molecule has 2 aromatic heterocycles. The molecular formula is C17H19N7O2. The van der Waals surface area contributed by atoms with Gasteiger partial charge in [-0.25, -0.2) is 4.68 Å². The van der Waals surface area contributed by atoms with Crippen LogP contribution in [0, 0.1) is 5.92 Å². The van der Waals surface area contributed by atoms with Crippen molar-refractivity contribution in [2.24, 2.45) is 5.92 Å². The molecule has 0 unspecified atom stereocenters. The van der Waals surface area contributed by atoms with Gasteiger partial charge in [-0.15, -0.1) is 0 Å². The minimum atomic E-state index is -0.191. The van der Waals surface area contributed by atoms with Crippen LogP contribution in [0.2, 0.25) is 0 Å². The van der Waals surface area contributed by atoms with Gasteiger partial charge in [0.1, 0.15) is 6.54 Å². The lowest BCUT2D eigenvalue weighted by Gasteiger charge is -2.19. The number of tetrazole rings is 1. The highest BCUT2D eigenvalue weighted by atomic mass is 16.5. The van der Waals surface area contributed by atoms with Crippen molar-refractivity contribution in [2.45, 2.75) is 19.0 Å². The minimum Gasteiger partial charge on any atom is -0.379 e. The third-order valence-electron chi connectivity index (χ3n) is 4.62. The quantitative estimate of drug-likeness (QED) is 0.671. The number of rotatable bonds is 5. The second kappa shape index (κ2) is 7.04. The van der Waals surface area contributed by atoms with Crippen molar-refractivity contribution < 1.29 is 9.53 Å². The van der Waals surface area contributed by atoms with Crippen LogP contribution in [-0.2, 0) is 22.5 Å². The zero-order chi connectivity index (χ0) is 17.9. The normalized spacial score (nSPS) is 19.7. The average molecular weight is 353 g/mol. The van der Waals surface area contributed by atoms with Gasteiger partial charge in [-0.05, 0) is 34.5 Å². The molecule has 1 fully saturated rings. The summed E-state index contributed by atoms with van der Waals surface area (Å²) in [6.07, 6.45) is 2.63. The molecule has 3 heterocycles. The Morgan fingerprint density at radius 1 is 1.31 bits per heavy atom. The molecule has 134 valence electrons. The highest BCUT2D eigenvalue weighted by molar-refractivity contribution is 5.82. The Bertz CT molecular complexity index is 921. The van der Waals surface area contributed by atoms with E-state index in [2.05, 4.69) is 31.9 Å². The summed E-state index contributed by atoms with van der Waals surface area (Å²) in [5, 5.41) is 14.8. The van der Waals surface area contributed by atoms with Crippen molar-refractivity contribution in [1.82, 2.24) is 30.5 Å². The van der Waals surface area contributed by atoms with Gasteiger partial charge in [0.05, 0.1) is 24.8 Å². The maximum atomic E-state index is 12.3. The van der Waals surface area contributed by atoms with Crippen molar-refractivity contribution in [3.63, 3.8) is 0 Å². The summed E-state index contributed by atoms with van der Waals surface area (Å²) in [5.41, 5.74) is 7.77. The summed E-state index contributed by atoms with van der Waals surface area (Å²) in [4.78, 5) is 16.7. The first-order valence-electron chi connectivity index (χ1n) is 8.42. The highest BCUT2D eigenvalue weighted by Gasteiger charge is 2.30. The van der Waals surface area contributed by atoms with Crippen molar-refractivity contribution in [3.8, 4) is 0 Å². The van der Waals surface area contributed by atoms with Crippen LogP contribution in [0.5, 0.6) is 0 Å². The van der Waals surface area contributed by atoms with Crippen molar-refractivity contribution in [1.29, 1.82) is 0 Å². The molecule has 3 N–H and O–H groups in total. The van der Waals surface area contributed by atoms with E-state index in [1.165, 1.54) is 10.2 Å². The molecule has 0 radical (unpaired) electrons. The number of nitrogen functional groups attached to an aromatic ring is 1. The Labute approximate surface area is 149 Å². The SMILES string of the molecule is Nc1nnnn1CC(=O)N[C@H]1COC[C@H]1Cc1ccnc2ccccc12. The maximum Gasteiger partial charge on any atom is 0.242 e. The zero-order valence-electron chi connectivity index (χ0n) is 14.1. The molecule has 2 atom stereocenters. The fourth-order valence-corrected chi connectivity index (χ4v) is 3.29. The number of benzene rings is 1. The van der Waals surface area contributed by atoms with E-state index < -0.39 is 0 Å². The van der Waals surface area contributed by atoms with Gasteiger partial charge in [-0.3, -0.25) is 9.78 Å². The standard InChI is InChI=1S/C17H19N7O2/c18-17-21-22-23-24(17)8-16(25)20-15-10-26-9-12(15)7-11-5-6-19-14-4-2-1-3-13(11)14/h1-6,12,15H,7-10H2,(H,20,25)(H2,18,21,23)/t12-,15+/m1/s1. The van der Waals surface area contributed by atoms with Gasteiger partial charge in [0.2, 0.25) is 11.9 Å². The number of para-hydroxylation sites is 1. The fraction of sp³-hybridized carbons (Fsp3) is 0.353. The van der Waals surface area contributed by atoms with Crippen LogP contribution < -0.4 is 11.1 Å². The predicted octanol–water partition coefficient (Wildman–Crippen LogP) is 0.177. The monoisotopic (exact) mass is 353 g/mol. The fourth-order valence-electron chi connectivity index (χ4n) is 3.29. The van der Waals surface area contributed by atoms with E-state index in [-0.39, 0.29) is 30.4 Å². The summed E-state index contributed by atoms with van der Waals surface area (Å²) in [5.74, 6) is 0.114. The van der Waals surface area contributed by atoms with E-state index in [0.717, 1.165) is 17.3 Å². The highest BCUT2D eigenvalue weighted by Crippen LogP contribution is 2.24. The molecule has 1 amide bonds. The van der Waals surface area contributed by atoms with E-state index in [9.17, 15) is 4.79 Å². The van der Waals surface area contributed by atoms with E-state index in [4.69, 9.17) is 10.5 Å². The van der Waals surface area contributed by atoms with Gasteiger partial charge in [0.15, 0.2) is 0 Å². The lowest BCUT2D eigenvalue weighted by Crippen LogP contribution is -2.42. The van der Waals surface area contributed by atoms with Crippen LogP contribution >= 0.6 is 0 Å². The van der Waals surface area contributed by atoms with Gasteiger partial charge in [0.25, 0.3) is 0 Å². The third kappa shape index (κ3) is 3.33. The Morgan fingerprint density at radius 2 is 2.19 bits per heavy atom. The van der Waals surface area contributed by atoms with E-state index in [1.807, 2.05) is 30.5 Å². The second-order valence-corrected chi connectivity index (χ2v) is 6.36. The number of anilines is 1. The molecule has 1 saturated heterocycles. The van der Waals surface area contributed by atoms with Gasteiger partial charge in [0, 0.05) is 17.5 Å². The molecule has 1 aliphatic heterocycles. The zero-order valence-corrected chi connectivity index (χ0v) is 14.1. The van der Waals surface area contributed by atoms with Crippen LogP contribution in [0.15, 0.2) is 36.5 Å². The number of nitrogens with one attached hydrogen (secondary N) is 1. The molecule has 9 nitrogen and oxygen atoms in total. The van der Waals surface area contributed by atoms with Crippen LogP contribution in [-0.4, -0.2) is 50.4 Å². The van der Waals surface area contributed by atoms with Crippen molar-refractivity contribution >= 4 is 22.8 Å². The molecular weight excluding hydrogens is 334 g/mol. The number of carbonyl (C=O) groups excluding carboxylic acids is 1. The molecule has 0 bridgehead atoms. The minimum absolute atomic E-state index is 0.0136. The third-order valence-corrected chi connectivity index (χ3v) is 4.62. The Morgan fingerprint density at radius 3 is 3.04 bits per heavy atom. The molecule has 0 aliphatic carbocycles. The first-order valence-corrected chi connectivity index (χ1v) is 8.42. The van der Waals surface area contributed by atoms with Gasteiger partial charge in [-0.1, -0.05) is 23.3 Å². The van der Waals surface area contributed by atoms with Crippen LogP contribution in [0.1, 0.15) is 5.56 Å². The van der Waals surface area contributed by atoms with E-state index in [0.29, 0.717) is 13.2 Å². The molecule has 3 aromatic rings. The second-order valence-electron chi connectivity index (χ2n) is 6.36. The number of ether oxygens (including phenoxy) is 1. The average Bonchev–Trinajstić information content (AvgIpc) is 3.25. The summed E-state index contributed by atoms with van der Waals surface area (Å²) in [6, 6.07) is 10.0. The molecule has 1 aromatic carbocycles. The Balaban J connectivity index is 1.45. The van der Waals surface area contributed by atoms with Gasteiger partial charge >= 0.3 is 0 Å². The number of carbonyl (C=O) groups is 1. The number of hydrogen-bond donors (Lipinski definition) is 2. The summed E-state index contributed by atoms with van der Waals surface area (Å²) < 4.78 is 6.87. The summed E-state index contributed by atoms with van der Waals surface area (Å²) in [7, 11) is 0. The topological polar surface area (TPSA) is 121 Å². The largest absolute Gasteiger partial charge is 0.379 e. The Kier molecular flexibility index (Phi) is 4.44. The molecule has 0 spiro atoms. The lowest BCUT2D eigenvalue weighted by molar-refractivity contribution is -0.122. The number of nitrogens with two attached hydrogens (primary N) is 1. The number of pyridine rings is 1. The smallest absolute Gasteiger partial charge is 0.242 e. The summed E-state index contributed by atoms with van der Waals surface area (Å²) >= 11 is 0. The molecule has 9 heteroatoms. The first-order chi connectivity index (χ1) is 12.7. The lowest BCUT2D eigenvalue weighted by atomic mass is 9.93. The summed E-state index contributed by atoms with van der Waals surface area (Å²) in [6.45, 7) is 1.08.